The Hall–Kier alpha value is -3.92. The summed E-state index contributed by atoms with van der Waals surface area (Å²) in [7, 11) is 1.34. The maximum absolute atomic E-state index is 13.6. The number of hydrogen-bond donors (Lipinski definition) is 1. The zero-order chi connectivity index (χ0) is 30.1. The molecule has 3 aromatic rings. The van der Waals surface area contributed by atoms with Gasteiger partial charge in [0.1, 0.15) is 5.60 Å². The number of benzene rings is 2. The van der Waals surface area contributed by atoms with Gasteiger partial charge in [0.05, 0.1) is 12.7 Å². The highest BCUT2D eigenvalue weighted by Gasteiger charge is 2.42. The first-order valence-corrected chi connectivity index (χ1v) is 14.5. The van der Waals surface area contributed by atoms with E-state index in [0.29, 0.717) is 41.6 Å². The molecule has 2 heterocycles. The number of halogens is 1. The minimum Gasteiger partial charge on any atom is -0.465 e. The summed E-state index contributed by atoms with van der Waals surface area (Å²) < 4.78 is 12.1. The number of rotatable bonds is 6. The van der Waals surface area contributed by atoms with E-state index in [1.54, 1.807) is 18.2 Å². The minimum absolute atomic E-state index is 0.0305. The number of fused-ring (bicyclic) bond motifs is 1. The van der Waals surface area contributed by atoms with Crippen LogP contribution in [0.2, 0.25) is 5.02 Å². The summed E-state index contributed by atoms with van der Waals surface area (Å²) >= 11 is 6.37. The molecular weight excluding hydrogens is 558 g/mol. The van der Waals surface area contributed by atoms with E-state index in [0.717, 1.165) is 31.2 Å². The van der Waals surface area contributed by atoms with E-state index in [4.69, 9.17) is 21.1 Å². The number of nitrogens with zero attached hydrogens (tertiary/aromatic N) is 4. The highest BCUT2D eigenvalue weighted by molar-refractivity contribution is 6.30. The molecule has 0 radical (unpaired) electrons. The third-order valence-corrected chi connectivity index (χ3v) is 8.30. The lowest BCUT2D eigenvalue weighted by Gasteiger charge is -2.45. The molecule has 1 N–H and O–H groups in total. The van der Waals surface area contributed by atoms with Gasteiger partial charge in [-0.2, -0.15) is 0 Å². The van der Waals surface area contributed by atoms with Crippen LogP contribution in [0, 0.1) is 0 Å². The molecule has 1 aliphatic carbocycles. The van der Waals surface area contributed by atoms with Crippen molar-refractivity contribution in [3.05, 3.63) is 70.5 Å². The number of nitrogens with one attached hydrogen (secondary N) is 1. The zero-order valence-electron chi connectivity index (χ0n) is 24.4. The second-order valence-corrected chi connectivity index (χ2v) is 12.4. The molecule has 11 heteroatoms. The van der Waals surface area contributed by atoms with E-state index in [1.807, 2.05) is 60.6 Å². The van der Waals surface area contributed by atoms with Gasteiger partial charge in [0.25, 0.3) is 5.91 Å². The maximum atomic E-state index is 13.6. The fourth-order valence-electron chi connectivity index (χ4n) is 5.98. The SMILES string of the molecule is COC(=O)c1cccc(-c2nnc3n2CCN(C2CCC(CNC(=O)OC(C)(C)C)(c4cccc(Cl)c4)CC2)C3=O)c1. The second-order valence-electron chi connectivity index (χ2n) is 11.9. The quantitative estimate of drug-likeness (QED) is 0.388. The van der Waals surface area contributed by atoms with Crippen molar-refractivity contribution in [3.8, 4) is 11.4 Å². The molecule has 1 aliphatic heterocycles. The van der Waals surface area contributed by atoms with Gasteiger partial charge in [-0.15, -0.1) is 10.2 Å². The first-order valence-electron chi connectivity index (χ1n) is 14.2. The number of ether oxygens (including phenoxy) is 2. The molecule has 0 unspecified atom stereocenters. The van der Waals surface area contributed by atoms with Crippen molar-refractivity contribution in [2.24, 2.45) is 0 Å². The van der Waals surface area contributed by atoms with Crippen molar-refractivity contribution in [3.63, 3.8) is 0 Å². The summed E-state index contributed by atoms with van der Waals surface area (Å²) in [5.41, 5.74) is 1.23. The Balaban J connectivity index is 1.31. The molecule has 2 aromatic carbocycles. The van der Waals surface area contributed by atoms with Crippen LogP contribution in [0.3, 0.4) is 0 Å². The zero-order valence-corrected chi connectivity index (χ0v) is 25.1. The summed E-state index contributed by atoms with van der Waals surface area (Å²) in [6.45, 7) is 6.99. The van der Waals surface area contributed by atoms with Crippen LogP contribution in [0.15, 0.2) is 48.5 Å². The number of esters is 1. The van der Waals surface area contributed by atoms with E-state index in [2.05, 4.69) is 15.5 Å². The van der Waals surface area contributed by atoms with Gasteiger partial charge in [-0.3, -0.25) is 4.79 Å². The van der Waals surface area contributed by atoms with Crippen LogP contribution in [0.4, 0.5) is 4.79 Å². The van der Waals surface area contributed by atoms with Crippen LogP contribution in [-0.2, 0) is 21.4 Å². The van der Waals surface area contributed by atoms with Crippen LogP contribution in [0.1, 0.15) is 73.0 Å². The van der Waals surface area contributed by atoms with Gasteiger partial charge >= 0.3 is 12.1 Å². The molecular formula is C31H36ClN5O5. The summed E-state index contributed by atoms with van der Waals surface area (Å²) in [5, 5.41) is 12.2. The Labute approximate surface area is 250 Å². The molecule has 5 rings (SSSR count). The summed E-state index contributed by atoms with van der Waals surface area (Å²) in [4.78, 5) is 40.1. The molecule has 10 nitrogen and oxygen atoms in total. The van der Waals surface area contributed by atoms with Gasteiger partial charge in [0.2, 0.25) is 5.82 Å². The van der Waals surface area contributed by atoms with Crippen LogP contribution in [-0.4, -0.2) is 69.5 Å². The van der Waals surface area contributed by atoms with Crippen LogP contribution in [0.5, 0.6) is 0 Å². The average Bonchev–Trinajstić information content (AvgIpc) is 3.41. The molecule has 42 heavy (non-hydrogen) atoms. The molecule has 0 saturated heterocycles. The predicted molar refractivity (Wildman–Crippen MR) is 157 cm³/mol. The number of amides is 2. The van der Waals surface area contributed by atoms with Crippen molar-refractivity contribution in [2.45, 2.75) is 70.1 Å². The number of carbonyl (C=O) groups is 3. The number of alkyl carbamates (subject to hydrolysis) is 1. The Morgan fingerprint density at radius 2 is 1.76 bits per heavy atom. The van der Waals surface area contributed by atoms with E-state index in [9.17, 15) is 14.4 Å². The average molecular weight is 594 g/mol. The fraction of sp³-hybridized carbons (Fsp3) is 0.452. The van der Waals surface area contributed by atoms with E-state index < -0.39 is 17.7 Å². The van der Waals surface area contributed by atoms with Gasteiger partial charge in [0.15, 0.2) is 5.82 Å². The second kappa shape index (κ2) is 11.8. The Morgan fingerprint density at radius 3 is 2.45 bits per heavy atom. The Kier molecular flexibility index (Phi) is 8.28. The van der Waals surface area contributed by atoms with E-state index in [-0.39, 0.29) is 23.2 Å². The van der Waals surface area contributed by atoms with Gasteiger partial charge < -0.3 is 24.3 Å². The number of aromatic nitrogens is 3. The van der Waals surface area contributed by atoms with Crippen LogP contribution < -0.4 is 5.32 Å². The molecule has 1 fully saturated rings. The molecule has 0 spiro atoms. The monoisotopic (exact) mass is 593 g/mol. The van der Waals surface area contributed by atoms with E-state index in [1.165, 1.54) is 7.11 Å². The molecule has 1 saturated carbocycles. The summed E-state index contributed by atoms with van der Waals surface area (Å²) in [6.07, 6.45) is 2.59. The van der Waals surface area contributed by atoms with Gasteiger partial charge in [-0.05, 0) is 76.3 Å². The lowest BCUT2D eigenvalue weighted by molar-refractivity contribution is 0.0469. The van der Waals surface area contributed by atoms with Gasteiger partial charge in [0, 0.05) is 41.7 Å². The largest absolute Gasteiger partial charge is 0.465 e. The lowest BCUT2D eigenvalue weighted by Crippen LogP contribution is -2.51. The number of carbonyl (C=O) groups excluding carboxylic acids is 3. The van der Waals surface area contributed by atoms with Gasteiger partial charge in [-0.25, -0.2) is 9.59 Å². The number of hydrogen-bond acceptors (Lipinski definition) is 7. The molecule has 0 atom stereocenters. The molecule has 2 aliphatic rings. The molecule has 222 valence electrons. The third kappa shape index (κ3) is 6.13. The predicted octanol–water partition coefficient (Wildman–Crippen LogP) is 5.25. The lowest BCUT2D eigenvalue weighted by atomic mass is 9.67. The van der Waals surface area contributed by atoms with Crippen LogP contribution >= 0.6 is 11.6 Å². The normalized spacial score (nSPS) is 20.5. The molecule has 2 amide bonds. The van der Waals surface area contributed by atoms with E-state index >= 15 is 0 Å². The smallest absolute Gasteiger partial charge is 0.407 e. The molecule has 0 bridgehead atoms. The first kappa shape index (κ1) is 29.6. The topological polar surface area (TPSA) is 116 Å². The summed E-state index contributed by atoms with van der Waals surface area (Å²) in [5.74, 6) is 0.236. The Bertz CT molecular complexity index is 1490. The first-order chi connectivity index (χ1) is 20.0. The van der Waals surface area contributed by atoms with Crippen molar-refractivity contribution < 1.29 is 23.9 Å². The van der Waals surface area contributed by atoms with Crippen LogP contribution in [0.25, 0.3) is 11.4 Å². The number of methoxy groups -OCH3 is 1. The third-order valence-electron chi connectivity index (χ3n) is 8.07. The van der Waals surface area contributed by atoms with Crippen molar-refractivity contribution >= 4 is 29.6 Å². The fourth-order valence-corrected chi connectivity index (χ4v) is 6.17. The maximum Gasteiger partial charge on any atom is 0.407 e. The van der Waals surface area contributed by atoms with Crippen molar-refractivity contribution in [1.82, 2.24) is 25.0 Å². The van der Waals surface area contributed by atoms with Crippen molar-refractivity contribution in [2.75, 3.05) is 20.2 Å². The van der Waals surface area contributed by atoms with Gasteiger partial charge in [-0.1, -0.05) is 35.9 Å². The standard InChI is InChI=1S/C31H36ClN5O5/c1-30(2,3)42-29(40)33-19-31(22-9-6-10-23(32)18-22)13-11-24(12-14-31)36-15-16-37-25(34-35-26(37)27(36)38)20-7-5-8-21(17-20)28(39)41-4/h5-10,17-18,24H,11-16,19H2,1-4H3,(H,33,40). The Morgan fingerprint density at radius 1 is 1.05 bits per heavy atom. The van der Waals surface area contributed by atoms with Crippen molar-refractivity contribution in [1.29, 1.82) is 0 Å². The highest BCUT2D eigenvalue weighted by atomic mass is 35.5. The highest BCUT2D eigenvalue weighted by Crippen LogP contribution is 2.42. The minimum atomic E-state index is -0.593. The molecule has 1 aromatic heterocycles. The summed E-state index contributed by atoms with van der Waals surface area (Å²) in [6, 6.07) is 14.8.